The normalized spacial score (nSPS) is 25.2. The van der Waals surface area contributed by atoms with Gasteiger partial charge in [-0.2, -0.15) is 0 Å². The molecule has 0 bridgehead atoms. The molecule has 3 heterocycles. The standard InChI is InChI=1S/C24H37N5O2/c1-16(2)9-11-28-20-13-18(25-6)7-8-19(20)26-22(28)29-12-10-17-14-27(15-21(17)29)23(30)31-24(3,4)5/h7-9,13,17,21-22,25-26H,10-12,14-15H2,1-6H3. The minimum atomic E-state index is -0.463. The lowest BCUT2D eigenvalue weighted by Gasteiger charge is -2.37. The van der Waals surface area contributed by atoms with Gasteiger partial charge in [-0.15, -0.1) is 0 Å². The zero-order valence-electron chi connectivity index (χ0n) is 19.7. The van der Waals surface area contributed by atoms with E-state index in [-0.39, 0.29) is 12.4 Å². The molecule has 31 heavy (non-hydrogen) atoms. The molecule has 1 aromatic rings. The number of fused-ring (bicyclic) bond motifs is 2. The highest BCUT2D eigenvalue weighted by atomic mass is 16.6. The number of hydrogen-bond donors (Lipinski definition) is 2. The Kier molecular flexibility index (Phi) is 5.81. The lowest BCUT2D eigenvalue weighted by molar-refractivity contribution is 0.0268. The third-order valence-corrected chi connectivity index (χ3v) is 6.43. The number of nitrogens with zero attached hydrogens (tertiary/aromatic N) is 3. The van der Waals surface area contributed by atoms with Crippen LogP contribution in [0.3, 0.4) is 0 Å². The number of anilines is 3. The van der Waals surface area contributed by atoms with E-state index in [1.807, 2.05) is 32.7 Å². The van der Waals surface area contributed by atoms with Gasteiger partial charge in [0.25, 0.3) is 0 Å². The number of ether oxygens (including phenoxy) is 1. The van der Waals surface area contributed by atoms with Gasteiger partial charge in [0.1, 0.15) is 5.60 Å². The molecule has 7 nitrogen and oxygen atoms in total. The zero-order chi connectivity index (χ0) is 22.3. The minimum Gasteiger partial charge on any atom is -0.444 e. The lowest BCUT2D eigenvalue weighted by atomic mass is 10.1. The van der Waals surface area contributed by atoms with Crippen molar-refractivity contribution in [1.29, 1.82) is 0 Å². The van der Waals surface area contributed by atoms with Gasteiger partial charge in [-0.3, -0.25) is 4.90 Å². The average Bonchev–Trinajstić information content (AvgIpc) is 3.36. The highest BCUT2D eigenvalue weighted by molar-refractivity contribution is 5.80. The predicted molar refractivity (Wildman–Crippen MR) is 127 cm³/mol. The monoisotopic (exact) mass is 427 g/mol. The van der Waals surface area contributed by atoms with Gasteiger partial charge in [0.05, 0.1) is 11.4 Å². The molecule has 3 aliphatic heterocycles. The maximum atomic E-state index is 12.7. The lowest BCUT2D eigenvalue weighted by Crippen LogP contribution is -2.53. The Labute approximate surface area is 186 Å². The number of nitrogens with one attached hydrogen (secondary N) is 2. The van der Waals surface area contributed by atoms with Gasteiger partial charge in [-0.25, -0.2) is 4.79 Å². The number of carbonyl (C=O) groups excluding carboxylic acids is 1. The summed E-state index contributed by atoms with van der Waals surface area (Å²) in [6, 6.07) is 6.83. The highest BCUT2D eigenvalue weighted by Gasteiger charge is 2.48. The topological polar surface area (TPSA) is 60.1 Å². The van der Waals surface area contributed by atoms with Gasteiger partial charge in [0.15, 0.2) is 6.29 Å². The number of allylic oxidation sites excluding steroid dienone is 1. The summed E-state index contributed by atoms with van der Waals surface area (Å²) in [5.41, 5.74) is 4.35. The molecule has 3 atom stereocenters. The molecule has 2 fully saturated rings. The van der Waals surface area contributed by atoms with Crippen LogP contribution in [0.15, 0.2) is 29.8 Å². The molecule has 4 rings (SSSR count). The van der Waals surface area contributed by atoms with Gasteiger partial charge in [-0.1, -0.05) is 11.6 Å². The van der Waals surface area contributed by atoms with Crippen molar-refractivity contribution in [3.05, 3.63) is 29.8 Å². The van der Waals surface area contributed by atoms with E-state index in [0.29, 0.717) is 12.0 Å². The molecule has 2 N–H and O–H groups in total. The molecule has 0 spiro atoms. The van der Waals surface area contributed by atoms with Gasteiger partial charge >= 0.3 is 6.09 Å². The molecule has 1 aromatic carbocycles. The van der Waals surface area contributed by atoms with Crippen LogP contribution in [0.5, 0.6) is 0 Å². The first-order chi connectivity index (χ1) is 14.7. The van der Waals surface area contributed by atoms with Crippen LogP contribution < -0.4 is 15.5 Å². The molecule has 3 unspecified atom stereocenters. The highest BCUT2D eigenvalue weighted by Crippen LogP contribution is 2.42. The van der Waals surface area contributed by atoms with Crippen molar-refractivity contribution in [2.24, 2.45) is 5.92 Å². The number of carbonyl (C=O) groups is 1. The van der Waals surface area contributed by atoms with Crippen LogP contribution in [-0.4, -0.2) is 67.1 Å². The molecular weight excluding hydrogens is 390 g/mol. The smallest absolute Gasteiger partial charge is 0.410 e. The summed E-state index contributed by atoms with van der Waals surface area (Å²) in [5, 5.41) is 7.02. The van der Waals surface area contributed by atoms with Crippen molar-refractivity contribution in [3.8, 4) is 0 Å². The van der Waals surface area contributed by atoms with Crippen molar-refractivity contribution in [1.82, 2.24) is 9.80 Å². The molecular formula is C24H37N5O2. The first kappa shape index (κ1) is 21.8. The number of hydrogen-bond acceptors (Lipinski definition) is 6. The van der Waals surface area contributed by atoms with Crippen LogP contribution in [0.2, 0.25) is 0 Å². The zero-order valence-corrected chi connectivity index (χ0v) is 19.7. The Morgan fingerprint density at radius 3 is 2.74 bits per heavy atom. The first-order valence-corrected chi connectivity index (χ1v) is 11.4. The van der Waals surface area contributed by atoms with Crippen LogP contribution >= 0.6 is 0 Å². The Morgan fingerprint density at radius 2 is 2.06 bits per heavy atom. The first-order valence-electron chi connectivity index (χ1n) is 11.4. The van der Waals surface area contributed by atoms with Gasteiger partial charge < -0.3 is 25.2 Å². The Balaban J connectivity index is 1.54. The van der Waals surface area contributed by atoms with Crippen molar-refractivity contribution in [2.75, 3.05) is 48.8 Å². The van der Waals surface area contributed by atoms with E-state index in [9.17, 15) is 4.79 Å². The molecule has 0 radical (unpaired) electrons. The fourth-order valence-electron chi connectivity index (χ4n) is 4.91. The van der Waals surface area contributed by atoms with Crippen molar-refractivity contribution in [3.63, 3.8) is 0 Å². The number of amides is 1. The summed E-state index contributed by atoms with van der Waals surface area (Å²) >= 11 is 0. The van der Waals surface area contributed by atoms with Crippen LogP contribution in [0.1, 0.15) is 41.0 Å². The second kappa shape index (κ2) is 8.26. The van der Waals surface area contributed by atoms with Gasteiger partial charge in [0, 0.05) is 45.0 Å². The van der Waals surface area contributed by atoms with Gasteiger partial charge in [0.2, 0.25) is 0 Å². The minimum absolute atomic E-state index is 0.0892. The molecule has 170 valence electrons. The molecule has 3 aliphatic rings. The van der Waals surface area contributed by atoms with Crippen molar-refractivity contribution >= 4 is 23.2 Å². The van der Waals surface area contributed by atoms with E-state index in [1.54, 1.807) is 0 Å². The largest absolute Gasteiger partial charge is 0.444 e. The summed E-state index contributed by atoms with van der Waals surface area (Å²) in [4.78, 5) is 19.5. The predicted octanol–water partition coefficient (Wildman–Crippen LogP) is 4.15. The van der Waals surface area contributed by atoms with E-state index in [1.165, 1.54) is 11.3 Å². The van der Waals surface area contributed by atoms with Crippen LogP contribution in [0, 0.1) is 5.92 Å². The molecule has 0 aromatic heterocycles. The molecule has 0 aliphatic carbocycles. The van der Waals surface area contributed by atoms with E-state index in [4.69, 9.17) is 4.74 Å². The Hall–Kier alpha value is -2.41. The van der Waals surface area contributed by atoms with Crippen molar-refractivity contribution < 1.29 is 9.53 Å². The fraction of sp³-hybridized carbons (Fsp3) is 0.625. The van der Waals surface area contributed by atoms with Crippen LogP contribution in [0.25, 0.3) is 0 Å². The summed E-state index contributed by atoms with van der Waals surface area (Å²) in [7, 11) is 1.96. The van der Waals surface area contributed by atoms with Crippen molar-refractivity contribution in [2.45, 2.75) is 59.0 Å². The summed E-state index contributed by atoms with van der Waals surface area (Å²) in [5.74, 6) is 0.496. The summed E-state index contributed by atoms with van der Waals surface area (Å²) in [6.45, 7) is 13.5. The third-order valence-electron chi connectivity index (χ3n) is 6.43. The molecule has 2 saturated heterocycles. The second-order valence-electron chi connectivity index (χ2n) is 10.2. The SMILES string of the molecule is CNc1ccc2c(c1)N(CC=C(C)C)C(N1CCC3CN(C(=O)OC(C)(C)C)CC31)N2. The quantitative estimate of drug-likeness (QED) is 0.704. The number of rotatable bonds is 4. The average molecular weight is 428 g/mol. The Bertz CT molecular complexity index is 858. The fourth-order valence-corrected chi connectivity index (χ4v) is 4.91. The van der Waals surface area contributed by atoms with E-state index in [0.717, 1.165) is 44.0 Å². The Morgan fingerprint density at radius 1 is 1.29 bits per heavy atom. The maximum Gasteiger partial charge on any atom is 0.410 e. The summed E-state index contributed by atoms with van der Waals surface area (Å²) < 4.78 is 5.64. The van der Waals surface area contributed by atoms with E-state index in [2.05, 4.69) is 58.6 Å². The number of benzene rings is 1. The van der Waals surface area contributed by atoms with Crippen LogP contribution in [-0.2, 0) is 4.74 Å². The third kappa shape index (κ3) is 4.47. The van der Waals surface area contributed by atoms with E-state index >= 15 is 0 Å². The maximum absolute atomic E-state index is 12.7. The second-order valence-corrected chi connectivity index (χ2v) is 10.2. The molecule has 7 heteroatoms. The summed E-state index contributed by atoms with van der Waals surface area (Å²) in [6.07, 6.45) is 3.29. The van der Waals surface area contributed by atoms with Crippen LogP contribution in [0.4, 0.5) is 21.9 Å². The van der Waals surface area contributed by atoms with E-state index < -0.39 is 5.60 Å². The molecule has 1 amide bonds. The molecule has 0 saturated carbocycles. The van der Waals surface area contributed by atoms with Gasteiger partial charge in [-0.05, 0) is 65.2 Å². The number of likely N-dealkylation sites (tertiary alicyclic amines) is 2.